The van der Waals surface area contributed by atoms with E-state index in [1.54, 1.807) is 59.9 Å². The van der Waals surface area contributed by atoms with E-state index < -0.39 is 24.3 Å². The Bertz CT molecular complexity index is 2630. The maximum absolute atomic E-state index is 13.2. The van der Waals surface area contributed by atoms with Crippen LogP contribution in [0.25, 0.3) is 20.9 Å². The first-order chi connectivity index (χ1) is 30.7. The Hall–Kier alpha value is -5.08. The van der Waals surface area contributed by atoms with Gasteiger partial charge in [-0.1, -0.05) is 89.9 Å². The molecule has 2 N–H and O–H groups in total. The molecule has 6 aromatic rings. The molecule has 2 aliphatic rings. The fourth-order valence-electron chi connectivity index (χ4n) is 8.40. The van der Waals surface area contributed by atoms with Crippen molar-refractivity contribution in [3.05, 3.63) is 151 Å². The highest BCUT2D eigenvalue weighted by molar-refractivity contribution is 7.13. The number of β-amino-alcohol motifs (C(OH)–C–C–N with tert-alkyl or cyclic N) is 2. The van der Waals surface area contributed by atoms with E-state index in [1.807, 2.05) is 62.1 Å². The molecule has 0 bridgehead atoms. The van der Waals surface area contributed by atoms with Crippen molar-refractivity contribution in [2.24, 2.45) is 0 Å². The van der Waals surface area contributed by atoms with E-state index in [1.165, 1.54) is 9.80 Å². The minimum atomic E-state index is -0.711. The molecule has 2 aliphatic heterocycles. The molecule has 2 fully saturated rings. The number of aliphatic hydroxyl groups is 2. The van der Waals surface area contributed by atoms with Gasteiger partial charge in [0.25, 0.3) is 11.8 Å². The van der Waals surface area contributed by atoms with E-state index in [0.717, 1.165) is 49.0 Å². The summed E-state index contributed by atoms with van der Waals surface area (Å²) < 4.78 is 0. The molecule has 64 heavy (non-hydrogen) atoms. The molecule has 2 amide bonds. The van der Waals surface area contributed by atoms with Gasteiger partial charge in [-0.3, -0.25) is 19.2 Å². The molecule has 4 heterocycles. The molecular weight excluding hydrogens is 888 g/mol. The van der Waals surface area contributed by atoms with Crippen molar-refractivity contribution in [2.45, 2.75) is 90.5 Å². The van der Waals surface area contributed by atoms with Crippen molar-refractivity contribution in [1.82, 2.24) is 19.8 Å². The number of amides is 2. The van der Waals surface area contributed by atoms with Crippen LogP contribution in [0.4, 0.5) is 0 Å². The van der Waals surface area contributed by atoms with E-state index in [-0.39, 0.29) is 49.3 Å². The third kappa shape index (κ3) is 10.7. The van der Waals surface area contributed by atoms with E-state index >= 15 is 0 Å². The molecule has 2 aromatic heterocycles. The van der Waals surface area contributed by atoms with Gasteiger partial charge in [0.15, 0.2) is 11.6 Å². The second-order valence-electron chi connectivity index (χ2n) is 16.4. The fourth-order valence-corrected chi connectivity index (χ4v) is 10.5. The zero-order chi connectivity index (χ0) is 45.7. The summed E-state index contributed by atoms with van der Waals surface area (Å²) in [6, 6.07) is 25.5. The standard InChI is InChI=1S/2C25H25ClN2O3S/c1-15-20(4-3-5-21(15)26)25(31)28-13-19(29)12-22(28)23(30)11-8-17-6-9-18(10-7-17)24-16(2)27-14-32-24;1-15-4-3-5-20(26)23(15)25(31)28-13-19(29)12-21(28)22(30)11-8-17-6-9-18(10-7-17)24-16(2)27-14-32-24/h3-7,9-10,14,19,22,29H,8,11-13H2,1-2H3;3-7,9-10,14,19,21,29H,8,11-13H2,1-2H3/t19-,22+;19-,21+/m11/s1. The number of halogens is 2. The largest absolute Gasteiger partial charge is 0.391 e. The molecular formula is C50H50Cl2N4O6S2. The molecule has 0 radical (unpaired) electrons. The quantitative estimate of drug-likeness (QED) is 0.124. The van der Waals surface area contributed by atoms with Crippen molar-refractivity contribution in [2.75, 3.05) is 13.1 Å². The molecule has 14 heteroatoms. The van der Waals surface area contributed by atoms with Crippen LogP contribution < -0.4 is 0 Å². The van der Waals surface area contributed by atoms with Crippen LogP contribution >= 0.6 is 45.9 Å². The lowest BCUT2D eigenvalue weighted by molar-refractivity contribution is -0.123. The summed E-state index contributed by atoms with van der Waals surface area (Å²) in [5, 5.41) is 21.3. The number of Topliss-reactive ketones (excluding diaryl/α,β-unsaturated/α-hetero) is 2. The summed E-state index contributed by atoms with van der Waals surface area (Å²) in [5.74, 6) is -0.629. The lowest BCUT2D eigenvalue weighted by atomic mass is 9.99. The van der Waals surface area contributed by atoms with Gasteiger partial charge >= 0.3 is 0 Å². The zero-order valence-corrected chi connectivity index (χ0v) is 39.2. The minimum absolute atomic E-state index is 0.0306. The Morgan fingerprint density at radius 1 is 0.625 bits per heavy atom. The lowest BCUT2D eigenvalue weighted by Gasteiger charge is -2.24. The number of ketones is 2. The first-order valence-electron chi connectivity index (χ1n) is 21.2. The smallest absolute Gasteiger partial charge is 0.256 e. The average Bonchev–Trinajstić information content (AvgIpc) is 4.10. The van der Waals surface area contributed by atoms with E-state index in [0.29, 0.717) is 52.4 Å². The van der Waals surface area contributed by atoms with Gasteiger partial charge in [-0.05, 0) is 92.1 Å². The van der Waals surface area contributed by atoms with Crippen molar-refractivity contribution < 1.29 is 29.4 Å². The third-order valence-corrected chi connectivity index (χ3v) is 14.7. The molecule has 0 saturated carbocycles. The molecule has 4 atom stereocenters. The number of aryl methyl sites for hydroxylation is 5. The van der Waals surface area contributed by atoms with Crippen LogP contribution in [-0.4, -0.2) is 90.7 Å². The van der Waals surface area contributed by atoms with Crippen LogP contribution in [0.3, 0.4) is 0 Å². The number of thiazole rings is 2. The fraction of sp³-hybridized carbons (Fsp3) is 0.320. The number of nitrogens with zero attached hydrogens (tertiary/aromatic N) is 4. The molecule has 332 valence electrons. The minimum Gasteiger partial charge on any atom is -0.391 e. The molecule has 10 nitrogen and oxygen atoms in total. The van der Waals surface area contributed by atoms with Gasteiger partial charge in [0, 0.05) is 49.4 Å². The van der Waals surface area contributed by atoms with Crippen molar-refractivity contribution in [3.8, 4) is 20.9 Å². The second kappa shape index (κ2) is 20.8. The van der Waals surface area contributed by atoms with E-state index in [2.05, 4.69) is 34.2 Å². The van der Waals surface area contributed by atoms with Gasteiger partial charge in [-0.2, -0.15) is 0 Å². The Morgan fingerprint density at radius 2 is 1.08 bits per heavy atom. The number of rotatable bonds is 12. The zero-order valence-electron chi connectivity index (χ0n) is 36.1. The van der Waals surface area contributed by atoms with Gasteiger partial charge in [-0.15, -0.1) is 22.7 Å². The SMILES string of the molecule is Cc1cccc(Cl)c1C(=O)N1C[C@H](O)C[C@H]1C(=O)CCc1ccc(-c2scnc2C)cc1.Cc1ncsc1-c1ccc(CCC(=O)[C@@H]2C[C@@H](O)CN2C(=O)c2cccc(Cl)c2C)cc1. The van der Waals surface area contributed by atoms with Crippen LogP contribution in [-0.2, 0) is 22.4 Å². The van der Waals surface area contributed by atoms with E-state index in [4.69, 9.17) is 23.2 Å². The average molecular weight is 938 g/mol. The predicted molar refractivity (Wildman–Crippen MR) is 255 cm³/mol. The van der Waals surface area contributed by atoms with Gasteiger partial charge in [-0.25, -0.2) is 9.97 Å². The number of likely N-dealkylation sites (tertiary alicyclic amines) is 2. The highest BCUT2D eigenvalue weighted by atomic mass is 35.5. The van der Waals surface area contributed by atoms with Crippen LogP contribution in [0.1, 0.15) is 80.0 Å². The van der Waals surface area contributed by atoms with Crippen LogP contribution in [0.2, 0.25) is 10.0 Å². The number of aliphatic hydroxyl groups excluding tert-OH is 2. The summed E-state index contributed by atoms with van der Waals surface area (Å²) >= 11 is 15.7. The normalized spacial score (nSPS) is 18.2. The summed E-state index contributed by atoms with van der Waals surface area (Å²) in [7, 11) is 0. The number of carbonyl (C=O) groups excluding carboxylic acids is 4. The predicted octanol–water partition coefficient (Wildman–Crippen LogP) is 9.72. The van der Waals surface area contributed by atoms with Gasteiger partial charge < -0.3 is 20.0 Å². The summed E-state index contributed by atoms with van der Waals surface area (Å²) in [6.07, 6.45) is 0.917. The molecule has 0 unspecified atom stereocenters. The molecule has 4 aromatic carbocycles. The summed E-state index contributed by atoms with van der Waals surface area (Å²) in [4.78, 5) is 66.2. The summed E-state index contributed by atoms with van der Waals surface area (Å²) in [6.45, 7) is 7.89. The number of hydrogen-bond acceptors (Lipinski definition) is 10. The molecule has 2 saturated heterocycles. The monoisotopic (exact) mass is 936 g/mol. The Kier molecular flexibility index (Phi) is 15.3. The molecule has 0 aliphatic carbocycles. The van der Waals surface area contributed by atoms with Crippen LogP contribution in [0.15, 0.2) is 96.0 Å². The number of carbonyl (C=O) groups is 4. The maximum atomic E-state index is 13.2. The van der Waals surface area contributed by atoms with Crippen LogP contribution in [0, 0.1) is 27.7 Å². The van der Waals surface area contributed by atoms with Crippen molar-refractivity contribution in [1.29, 1.82) is 0 Å². The maximum Gasteiger partial charge on any atom is 0.256 e. The third-order valence-electron chi connectivity index (χ3n) is 12.0. The van der Waals surface area contributed by atoms with Gasteiger partial charge in [0.05, 0.1) is 67.0 Å². The van der Waals surface area contributed by atoms with Crippen molar-refractivity contribution in [3.63, 3.8) is 0 Å². The second-order valence-corrected chi connectivity index (χ2v) is 19.0. The topological polar surface area (TPSA) is 141 Å². The van der Waals surface area contributed by atoms with Crippen LogP contribution in [0.5, 0.6) is 0 Å². The Labute approximate surface area is 391 Å². The van der Waals surface area contributed by atoms with Crippen molar-refractivity contribution >= 4 is 69.3 Å². The molecule has 8 rings (SSSR count). The first kappa shape index (κ1) is 46.9. The lowest BCUT2D eigenvalue weighted by Crippen LogP contribution is -2.41. The first-order valence-corrected chi connectivity index (χ1v) is 23.7. The highest BCUT2D eigenvalue weighted by Gasteiger charge is 2.40. The van der Waals surface area contributed by atoms with Gasteiger partial charge in [0.1, 0.15) is 0 Å². The molecule has 0 spiro atoms. The number of aromatic nitrogens is 2. The summed E-state index contributed by atoms with van der Waals surface area (Å²) in [5.41, 5.74) is 12.4. The van der Waals surface area contributed by atoms with E-state index in [9.17, 15) is 29.4 Å². The Morgan fingerprint density at radius 3 is 1.53 bits per heavy atom. The number of benzene rings is 4. The highest BCUT2D eigenvalue weighted by Crippen LogP contribution is 2.31. The van der Waals surface area contributed by atoms with Gasteiger partial charge in [0.2, 0.25) is 0 Å². The number of hydrogen-bond donors (Lipinski definition) is 2. The Balaban J connectivity index is 0.000000191.